The molecule has 1 fully saturated rings. The minimum atomic E-state index is -4.24. The molecule has 15 heteroatoms. The van der Waals surface area contributed by atoms with Crippen LogP contribution in [0.4, 0.5) is 20.8 Å². The molecule has 0 radical (unpaired) electrons. The maximum Gasteiger partial charge on any atom is 0.410 e. The van der Waals surface area contributed by atoms with Crippen LogP contribution in [-0.4, -0.2) is 59.1 Å². The maximum atomic E-state index is 15.7. The third-order valence-electron chi connectivity index (χ3n) is 6.73. The van der Waals surface area contributed by atoms with Crippen LogP contribution in [0.5, 0.6) is 11.6 Å². The Bertz CT molecular complexity index is 1860. The van der Waals surface area contributed by atoms with Crippen molar-refractivity contribution in [3.8, 4) is 22.9 Å². The van der Waals surface area contributed by atoms with E-state index in [2.05, 4.69) is 25.0 Å². The SMILES string of the molecule is CC(C)(C)OC(=O)N1CCC[C@H](Nc2nccc(-c3cccnc3Oc3c(Cl)ccc(NS(=O)(=O)c4ccccc4Cl)c3F)n2)C1. The van der Waals surface area contributed by atoms with E-state index in [1.165, 1.54) is 36.5 Å². The summed E-state index contributed by atoms with van der Waals surface area (Å²) < 4.78 is 55.2. The van der Waals surface area contributed by atoms with Crippen molar-refractivity contribution in [1.82, 2.24) is 19.9 Å². The second-order valence-corrected chi connectivity index (χ2v) is 13.9. The molecule has 46 heavy (non-hydrogen) atoms. The average Bonchev–Trinajstić information content (AvgIpc) is 3.00. The number of sulfonamides is 1. The van der Waals surface area contributed by atoms with Gasteiger partial charge in [-0.3, -0.25) is 4.72 Å². The number of nitrogens with one attached hydrogen (secondary N) is 2. The number of carbonyl (C=O) groups excluding carboxylic acids is 1. The molecule has 1 amide bonds. The number of halogens is 3. The van der Waals surface area contributed by atoms with E-state index in [9.17, 15) is 13.2 Å². The second kappa shape index (κ2) is 13.7. The summed E-state index contributed by atoms with van der Waals surface area (Å²) in [5.41, 5.74) is -0.201. The minimum absolute atomic E-state index is 0.0264. The molecule has 1 saturated heterocycles. The van der Waals surface area contributed by atoms with Crippen molar-refractivity contribution in [2.24, 2.45) is 0 Å². The minimum Gasteiger partial charge on any atom is -0.444 e. The number of piperidine rings is 1. The molecule has 0 saturated carbocycles. The first-order valence-electron chi connectivity index (χ1n) is 14.3. The standard InChI is InChI=1S/C31H31Cl2FN6O5S/c1-31(2,3)45-30(41)40-17-7-8-19(18-40)37-29-36-16-14-23(38-29)20-9-6-15-35-28(20)44-27-22(33)12-13-24(26(27)34)39-46(42,43)25-11-5-4-10-21(25)32/h4-6,9-16,19,39H,7-8,17-18H2,1-3H3,(H,36,37,38)/t19-/m0/s1. The highest BCUT2D eigenvalue weighted by Crippen LogP contribution is 2.39. The summed E-state index contributed by atoms with van der Waals surface area (Å²) in [5, 5.41) is 3.14. The number of amides is 1. The molecule has 2 N–H and O–H groups in total. The van der Waals surface area contributed by atoms with E-state index in [4.69, 9.17) is 32.7 Å². The van der Waals surface area contributed by atoms with Gasteiger partial charge >= 0.3 is 6.09 Å². The predicted molar refractivity (Wildman–Crippen MR) is 173 cm³/mol. The first kappa shape index (κ1) is 33.2. The Hall–Kier alpha value is -4.20. The molecular formula is C31H31Cl2FN6O5S. The quantitative estimate of drug-likeness (QED) is 0.194. The Morgan fingerprint density at radius 2 is 1.80 bits per heavy atom. The van der Waals surface area contributed by atoms with Crippen LogP contribution in [0.2, 0.25) is 10.0 Å². The monoisotopic (exact) mass is 688 g/mol. The Morgan fingerprint density at radius 1 is 1.02 bits per heavy atom. The first-order valence-corrected chi connectivity index (χ1v) is 16.5. The summed E-state index contributed by atoms with van der Waals surface area (Å²) in [7, 11) is -4.24. The van der Waals surface area contributed by atoms with Crippen LogP contribution in [0.15, 0.2) is 71.9 Å². The lowest BCUT2D eigenvalue weighted by Crippen LogP contribution is -2.47. The fourth-order valence-corrected chi connectivity index (χ4v) is 6.44. The summed E-state index contributed by atoms with van der Waals surface area (Å²) in [4.78, 5) is 27.2. The zero-order valence-corrected chi connectivity index (χ0v) is 27.5. The summed E-state index contributed by atoms with van der Waals surface area (Å²) >= 11 is 12.4. The van der Waals surface area contributed by atoms with Gasteiger partial charge in [0, 0.05) is 31.5 Å². The molecule has 1 aliphatic heterocycles. The van der Waals surface area contributed by atoms with E-state index in [1.54, 1.807) is 35.4 Å². The third-order valence-corrected chi connectivity index (χ3v) is 8.89. The Kier molecular flexibility index (Phi) is 9.85. The van der Waals surface area contributed by atoms with E-state index in [0.717, 1.165) is 12.8 Å². The summed E-state index contributed by atoms with van der Waals surface area (Å²) in [5.74, 6) is -1.23. The Morgan fingerprint density at radius 3 is 2.57 bits per heavy atom. The zero-order chi connectivity index (χ0) is 33.1. The van der Waals surface area contributed by atoms with Gasteiger partial charge in [-0.05, 0) is 76.1 Å². The number of hydrogen-bond acceptors (Lipinski definition) is 9. The van der Waals surface area contributed by atoms with Crippen LogP contribution < -0.4 is 14.8 Å². The highest BCUT2D eigenvalue weighted by Gasteiger charge is 2.28. The highest BCUT2D eigenvalue weighted by atomic mass is 35.5. The third kappa shape index (κ3) is 7.95. The Labute approximate surface area is 276 Å². The molecule has 4 aromatic rings. The molecular weight excluding hydrogens is 658 g/mol. The van der Waals surface area contributed by atoms with Crippen LogP contribution >= 0.6 is 23.2 Å². The Balaban J connectivity index is 1.36. The van der Waals surface area contributed by atoms with Crippen molar-refractivity contribution in [2.75, 3.05) is 23.1 Å². The molecule has 5 rings (SSSR count). The zero-order valence-electron chi connectivity index (χ0n) is 25.1. The largest absolute Gasteiger partial charge is 0.444 e. The smallest absolute Gasteiger partial charge is 0.410 e. The maximum absolute atomic E-state index is 15.7. The number of benzene rings is 2. The number of pyridine rings is 1. The normalized spacial score (nSPS) is 15.3. The van der Waals surface area contributed by atoms with Crippen LogP contribution in [0.25, 0.3) is 11.3 Å². The summed E-state index contributed by atoms with van der Waals surface area (Å²) in [6, 6.07) is 13.1. The van der Waals surface area contributed by atoms with E-state index in [-0.39, 0.29) is 33.0 Å². The molecule has 2 aromatic carbocycles. The van der Waals surface area contributed by atoms with E-state index < -0.39 is 32.9 Å². The van der Waals surface area contributed by atoms with Crippen molar-refractivity contribution in [3.05, 3.63) is 82.9 Å². The van der Waals surface area contributed by atoms with Crippen molar-refractivity contribution in [1.29, 1.82) is 0 Å². The van der Waals surface area contributed by atoms with Crippen molar-refractivity contribution >= 4 is 51.0 Å². The van der Waals surface area contributed by atoms with Gasteiger partial charge in [0.1, 0.15) is 10.5 Å². The lowest BCUT2D eigenvalue weighted by atomic mass is 10.1. The van der Waals surface area contributed by atoms with E-state index >= 15 is 4.39 Å². The van der Waals surface area contributed by atoms with E-state index in [0.29, 0.717) is 30.3 Å². The number of ether oxygens (including phenoxy) is 2. The lowest BCUT2D eigenvalue weighted by Gasteiger charge is -2.34. The van der Waals surface area contributed by atoms with Gasteiger partial charge in [-0.2, -0.15) is 0 Å². The molecule has 1 aliphatic rings. The highest BCUT2D eigenvalue weighted by molar-refractivity contribution is 7.92. The van der Waals surface area contributed by atoms with E-state index in [1.807, 2.05) is 20.8 Å². The molecule has 0 aliphatic carbocycles. The summed E-state index contributed by atoms with van der Waals surface area (Å²) in [6.45, 7) is 6.47. The number of rotatable bonds is 8. The van der Waals surface area contributed by atoms with Crippen molar-refractivity contribution < 1.29 is 27.1 Å². The van der Waals surface area contributed by atoms with Gasteiger partial charge in [-0.25, -0.2) is 32.6 Å². The van der Waals surface area contributed by atoms with Gasteiger partial charge < -0.3 is 19.7 Å². The molecule has 0 bridgehead atoms. The van der Waals surface area contributed by atoms with Crippen molar-refractivity contribution in [3.63, 3.8) is 0 Å². The van der Waals surface area contributed by atoms with Gasteiger partial charge in [-0.1, -0.05) is 35.3 Å². The fourth-order valence-electron chi connectivity index (χ4n) is 4.68. The topological polar surface area (TPSA) is 136 Å². The molecule has 1 atom stereocenters. The van der Waals surface area contributed by atoms with Gasteiger partial charge in [0.15, 0.2) is 11.6 Å². The summed E-state index contributed by atoms with van der Waals surface area (Å²) in [6.07, 6.45) is 4.19. The lowest BCUT2D eigenvalue weighted by molar-refractivity contribution is 0.0206. The van der Waals surface area contributed by atoms with Gasteiger partial charge in [-0.15, -0.1) is 0 Å². The number of likely N-dealkylation sites (tertiary alicyclic amines) is 1. The number of nitrogens with zero attached hydrogens (tertiary/aromatic N) is 4. The molecule has 11 nitrogen and oxygen atoms in total. The van der Waals surface area contributed by atoms with Crippen LogP contribution in [0.3, 0.4) is 0 Å². The molecule has 3 heterocycles. The number of hydrogen-bond donors (Lipinski definition) is 2. The molecule has 0 spiro atoms. The predicted octanol–water partition coefficient (Wildman–Crippen LogP) is 7.39. The molecule has 0 unspecified atom stereocenters. The van der Waals surface area contributed by atoms with Crippen LogP contribution in [0.1, 0.15) is 33.6 Å². The number of anilines is 2. The van der Waals surface area contributed by atoms with Crippen molar-refractivity contribution in [2.45, 2.75) is 50.2 Å². The number of aromatic nitrogens is 3. The number of carbonyl (C=O) groups is 1. The average molecular weight is 690 g/mol. The molecule has 242 valence electrons. The second-order valence-electron chi connectivity index (χ2n) is 11.4. The fraction of sp³-hybridized carbons (Fsp3) is 0.290. The van der Waals surface area contributed by atoms with Gasteiger partial charge in [0.2, 0.25) is 11.8 Å². The van der Waals surface area contributed by atoms with Gasteiger partial charge in [0.05, 0.1) is 27.0 Å². The van der Waals surface area contributed by atoms with Gasteiger partial charge in [0.25, 0.3) is 10.0 Å². The van der Waals surface area contributed by atoms with Crippen LogP contribution in [0, 0.1) is 5.82 Å². The molecule has 2 aromatic heterocycles. The van der Waals surface area contributed by atoms with Crippen LogP contribution in [-0.2, 0) is 14.8 Å². The first-order chi connectivity index (χ1) is 21.8.